The summed E-state index contributed by atoms with van der Waals surface area (Å²) in [6.07, 6.45) is 1.61. The van der Waals surface area contributed by atoms with Gasteiger partial charge in [0.15, 0.2) is 6.61 Å². The molecule has 0 saturated heterocycles. The minimum atomic E-state index is -3.37. The number of hydrogen-bond acceptors (Lipinski definition) is 7. The average molecular weight is 423 g/mol. The lowest BCUT2D eigenvalue weighted by Gasteiger charge is -2.16. The standard InChI is InChI=1S/C17H17N3O6S2/c1-28(24,25)20-7-6-11-9-12(4-5-13(11)20)17(23)26-10-15(21)18-19-16(22)14-3-2-8-27-14/h2-5,8-9H,6-7,10H2,1H3,(H,18,21)(H,19,22). The zero-order valence-electron chi connectivity index (χ0n) is 14.8. The van der Waals surface area contributed by atoms with Gasteiger partial charge in [0.05, 0.1) is 22.4 Å². The van der Waals surface area contributed by atoms with Crippen molar-refractivity contribution in [3.8, 4) is 0 Å². The molecular weight excluding hydrogens is 406 g/mol. The van der Waals surface area contributed by atoms with Crippen LogP contribution in [0.2, 0.25) is 0 Å². The molecule has 3 rings (SSSR count). The lowest BCUT2D eigenvalue weighted by molar-refractivity contribution is -0.125. The van der Waals surface area contributed by atoms with E-state index in [-0.39, 0.29) is 5.56 Å². The van der Waals surface area contributed by atoms with E-state index >= 15 is 0 Å². The number of sulfonamides is 1. The third kappa shape index (κ3) is 4.49. The third-order valence-corrected chi connectivity index (χ3v) is 6.01. The Labute approximate surface area is 165 Å². The summed E-state index contributed by atoms with van der Waals surface area (Å²) in [6.45, 7) is -0.255. The van der Waals surface area contributed by atoms with Crippen molar-refractivity contribution in [2.45, 2.75) is 6.42 Å². The van der Waals surface area contributed by atoms with Crippen molar-refractivity contribution in [2.75, 3.05) is 23.7 Å². The zero-order chi connectivity index (χ0) is 20.3. The molecule has 0 aliphatic carbocycles. The molecule has 2 amide bonds. The first-order valence-electron chi connectivity index (χ1n) is 8.16. The number of nitrogens with zero attached hydrogens (tertiary/aromatic N) is 1. The largest absolute Gasteiger partial charge is 0.452 e. The van der Waals surface area contributed by atoms with Crippen molar-refractivity contribution in [1.82, 2.24) is 10.9 Å². The highest BCUT2D eigenvalue weighted by Gasteiger charge is 2.27. The van der Waals surface area contributed by atoms with Crippen molar-refractivity contribution in [2.24, 2.45) is 0 Å². The van der Waals surface area contributed by atoms with Crippen LogP contribution in [0.1, 0.15) is 25.6 Å². The minimum absolute atomic E-state index is 0.213. The lowest BCUT2D eigenvalue weighted by Crippen LogP contribution is -2.43. The van der Waals surface area contributed by atoms with Crippen LogP contribution >= 0.6 is 11.3 Å². The molecule has 1 aromatic heterocycles. The number of rotatable bonds is 5. The summed E-state index contributed by atoms with van der Waals surface area (Å²) < 4.78 is 29.7. The Morgan fingerprint density at radius 3 is 2.68 bits per heavy atom. The van der Waals surface area contributed by atoms with Crippen LogP contribution in [0.15, 0.2) is 35.7 Å². The molecule has 0 fully saturated rings. The second-order valence-corrected chi connectivity index (χ2v) is 8.84. The third-order valence-electron chi connectivity index (χ3n) is 3.96. The number of hydrogen-bond donors (Lipinski definition) is 2. The Kier molecular flexibility index (Phi) is 5.66. The van der Waals surface area contributed by atoms with Gasteiger partial charge in [-0.2, -0.15) is 0 Å². The van der Waals surface area contributed by atoms with Gasteiger partial charge in [-0.15, -0.1) is 11.3 Å². The summed E-state index contributed by atoms with van der Waals surface area (Å²) in [5.41, 5.74) is 5.84. The van der Waals surface area contributed by atoms with Gasteiger partial charge in [0.2, 0.25) is 10.0 Å². The Balaban J connectivity index is 1.53. The quantitative estimate of drug-likeness (QED) is 0.539. The van der Waals surface area contributed by atoms with E-state index in [1.807, 2.05) is 0 Å². The van der Waals surface area contributed by atoms with Crippen LogP contribution in [0.25, 0.3) is 0 Å². The zero-order valence-corrected chi connectivity index (χ0v) is 16.4. The molecule has 2 heterocycles. The van der Waals surface area contributed by atoms with Crippen LogP contribution in [-0.2, 0) is 26.0 Å². The fraction of sp³-hybridized carbons (Fsp3) is 0.235. The van der Waals surface area contributed by atoms with E-state index in [4.69, 9.17) is 4.74 Å². The molecule has 2 N–H and O–H groups in total. The van der Waals surface area contributed by atoms with Crippen molar-refractivity contribution in [3.05, 3.63) is 51.7 Å². The Morgan fingerprint density at radius 2 is 2.00 bits per heavy atom. The molecule has 148 valence electrons. The molecule has 28 heavy (non-hydrogen) atoms. The highest BCUT2D eigenvalue weighted by atomic mass is 32.2. The van der Waals surface area contributed by atoms with E-state index in [1.54, 1.807) is 29.6 Å². The molecule has 1 aliphatic heterocycles. The van der Waals surface area contributed by atoms with Gasteiger partial charge >= 0.3 is 5.97 Å². The van der Waals surface area contributed by atoms with Crippen molar-refractivity contribution in [3.63, 3.8) is 0 Å². The second-order valence-electron chi connectivity index (χ2n) is 5.98. The van der Waals surface area contributed by atoms with Crippen LogP contribution in [0.5, 0.6) is 0 Å². The van der Waals surface area contributed by atoms with E-state index in [1.165, 1.54) is 21.7 Å². The number of carbonyl (C=O) groups is 3. The number of ether oxygens (including phenoxy) is 1. The van der Waals surface area contributed by atoms with Crippen LogP contribution in [-0.4, -0.2) is 45.6 Å². The molecule has 0 spiro atoms. The first-order chi connectivity index (χ1) is 13.3. The Hall–Kier alpha value is -2.92. The highest BCUT2D eigenvalue weighted by molar-refractivity contribution is 7.92. The first-order valence-corrected chi connectivity index (χ1v) is 10.9. The number of anilines is 1. The number of thiophene rings is 1. The molecule has 9 nitrogen and oxygen atoms in total. The molecule has 11 heteroatoms. The van der Waals surface area contributed by atoms with Gasteiger partial charge in [0, 0.05) is 6.54 Å². The summed E-state index contributed by atoms with van der Waals surface area (Å²) in [5.74, 6) is -1.88. The van der Waals surface area contributed by atoms with E-state index < -0.39 is 34.4 Å². The Morgan fingerprint density at radius 1 is 1.21 bits per heavy atom. The predicted octanol–water partition coefficient (Wildman–Crippen LogP) is 0.688. The first kappa shape index (κ1) is 19.8. The maximum Gasteiger partial charge on any atom is 0.338 e. The number of amides is 2. The average Bonchev–Trinajstić information content (AvgIpc) is 3.32. The van der Waals surface area contributed by atoms with Crippen molar-refractivity contribution >= 4 is 44.8 Å². The van der Waals surface area contributed by atoms with Gasteiger partial charge < -0.3 is 4.74 Å². The summed E-state index contributed by atoms with van der Waals surface area (Å²) in [6, 6.07) is 7.85. The molecule has 1 aromatic carbocycles. The van der Waals surface area contributed by atoms with Crippen LogP contribution in [0.4, 0.5) is 5.69 Å². The number of benzene rings is 1. The monoisotopic (exact) mass is 423 g/mol. The van der Waals surface area contributed by atoms with Crippen LogP contribution in [0.3, 0.4) is 0 Å². The smallest absolute Gasteiger partial charge is 0.338 e. The molecule has 0 atom stereocenters. The number of nitrogens with one attached hydrogen (secondary N) is 2. The van der Waals surface area contributed by atoms with Gasteiger partial charge in [-0.25, -0.2) is 13.2 Å². The summed E-state index contributed by atoms with van der Waals surface area (Å²) >= 11 is 1.22. The minimum Gasteiger partial charge on any atom is -0.452 e. The molecular formula is C17H17N3O6S2. The SMILES string of the molecule is CS(=O)(=O)N1CCc2cc(C(=O)OCC(=O)NNC(=O)c3cccs3)ccc21. The molecule has 0 saturated carbocycles. The fourth-order valence-corrected chi connectivity index (χ4v) is 4.27. The Bertz CT molecular complexity index is 1020. The van der Waals surface area contributed by atoms with E-state index in [0.717, 1.165) is 6.26 Å². The number of carbonyl (C=O) groups excluding carboxylic acids is 3. The number of esters is 1. The van der Waals surface area contributed by atoms with Crippen molar-refractivity contribution in [1.29, 1.82) is 0 Å². The van der Waals surface area contributed by atoms with E-state index in [2.05, 4.69) is 10.9 Å². The van der Waals surface area contributed by atoms with E-state index in [9.17, 15) is 22.8 Å². The van der Waals surface area contributed by atoms with E-state index in [0.29, 0.717) is 29.1 Å². The topological polar surface area (TPSA) is 122 Å². The molecule has 1 aliphatic rings. The maximum atomic E-state index is 12.1. The normalized spacial score (nSPS) is 13.0. The van der Waals surface area contributed by atoms with Gasteiger partial charge in [0.25, 0.3) is 11.8 Å². The molecule has 0 unspecified atom stereocenters. The van der Waals surface area contributed by atoms with Gasteiger partial charge in [-0.3, -0.25) is 24.7 Å². The number of hydrazine groups is 1. The number of fused-ring (bicyclic) bond motifs is 1. The van der Waals surface area contributed by atoms with Crippen LogP contribution in [0, 0.1) is 0 Å². The highest BCUT2D eigenvalue weighted by Crippen LogP contribution is 2.30. The predicted molar refractivity (Wildman–Crippen MR) is 103 cm³/mol. The summed E-state index contributed by atoms with van der Waals surface area (Å²) in [5, 5.41) is 1.73. The fourth-order valence-electron chi connectivity index (χ4n) is 2.69. The molecule has 0 bridgehead atoms. The van der Waals surface area contributed by atoms with Gasteiger partial charge in [-0.1, -0.05) is 6.07 Å². The lowest BCUT2D eigenvalue weighted by atomic mass is 10.1. The molecule has 2 aromatic rings. The second kappa shape index (κ2) is 7.98. The maximum absolute atomic E-state index is 12.1. The molecule has 0 radical (unpaired) electrons. The summed E-state index contributed by atoms with van der Waals surface area (Å²) in [4.78, 5) is 36.0. The van der Waals surface area contributed by atoms with Crippen LogP contribution < -0.4 is 15.2 Å². The van der Waals surface area contributed by atoms with Gasteiger partial charge in [-0.05, 0) is 41.6 Å². The van der Waals surface area contributed by atoms with Gasteiger partial charge in [0.1, 0.15) is 0 Å². The van der Waals surface area contributed by atoms with Crippen molar-refractivity contribution < 1.29 is 27.5 Å². The summed E-state index contributed by atoms with van der Waals surface area (Å²) in [7, 11) is -3.37.